The highest BCUT2D eigenvalue weighted by Crippen LogP contribution is 2.62. The van der Waals surface area contributed by atoms with Crippen molar-refractivity contribution < 1.29 is 75.8 Å². The summed E-state index contributed by atoms with van der Waals surface area (Å²) in [5, 5.41) is 2.10. The predicted octanol–water partition coefficient (Wildman–Crippen LogP) is 4.45. The van der Waals surface area contributed by atoms with Gasteiger partial charge in [0.25, 0.3) is 1.43 Å². The summed E-state index contributed by atoms with van der Waals surface area (Å²) in [5.74, 6) is -52.5. The molecule has 0 aliphatic heterocycles. The lowest BCUT2D eigenvalue weighted by molar-refractivity contribution is -0.450. The van der Waals surface area contributed by atoms with Gasteiger partial charge in [-0.05, 0) is 0 Å². The van der Waals surface area contributed by atoms with E-state index in [0.29, 0.717) is 0 Å². The minimum atomic E-state index is -8.48. The second-order valence-electron chi connectivity index (χ2n) is 4.23. The van der Waals surface area contributed by atoms with E-state index in [2.05, 4.69) is 5.11 Å². The highest BCUT2D eigenvalue weighted by molar-refractivity contribution is 5.77. The predicted molar refractivity (Wildman–Crippen MR) is 43.4 cm³/mol. The van der Waals surface area contributed by atoms with Gasteiger partial charge >= 0.3 is 47.7 Å². The maximum Gasteiger partial charge on any atom is 0.460 e. The molecule has 0 aliphatic carbocycles. The van der Waals surface area contributed by atoms with E-state index in [-0.39, 0.29) is 0 Å². The highest BCUT2D eigenvalue weighted by atomic mass is 19.4. The molecule has 2 nitrogen and oxygen atoms in total. The van der Waals surface area contributed by atoms with E-state index in [1.807, 2.05) is 0 Å². The van der Waals surface area contributed by atoms with Gasteiger partial charge in [-0.25, -0.2) is 4.79 Å². The van der Waals surface area contributed by atoms with Gasteiger partial charge in [0.15, 0.2) is 0 Å². The average molecular weight is 415 g/mol. The summed E-state index contributed by atoms with van der Waals surface area (Å²) in [6.45, 7) is 0. The van der Waals surface area contributed by atoms with E-state index in [1.54, 1.807) is 0 Å². The van der Waals surface area contributed by atoms with Gasteiger partial charge in [0.05, 0.1) is 0 Å². The molecule has 17 heteroatoms. The SMILES string of the molecule is [2H]OC(=O)C(F)(F)C(F)(F)C(F)(F)C(F)(F)C(F)(F)C(F)(F)C(F)(F)F. The van der Waals surface area contributed by atoms with Gasteiger partial charge in [0, 0.05) is 0 Å². The zero-order valence-corrected chi connectivity index (χ0v) is 10.5. The lowest BCUT2D eigenvalue weighted by Crippen LogP contribution is -2.73. The first-order chi connectivity index (χ1) is 11.0. The zero-order chi connectivity index (χ0) is 21.8. The third-order valence-corrected chi connectivity index (χ3v) is 2.58. The first kappa shape index (κ1) is 21.5. The Morgan fingerprint density at radius 3 is 1.12 bits per heavy atom. The summed E-state index contributed by atoms with van der Waals surface area (Å²) in [4.78, 5) is 10.1. The van der Waals surface area contributed by atoms with E-state index >= 15 is 0 Å². The van der Waals surface area contributed by atoms with Crippen molar-refractivity contribution in [3.63, 3.8) is 0 Å². The number of aliphatic carboxylic acids is 1. The van der Waals surface area contributed by atoms with Crippen molar-refractivity contribution in [2.45, 2.75) is 41.7 Å². The van der Waals surface area contributed by atoms with Crippen molar-refractivity contribution in [2.75, 3.05) is 0 Å². The van der Waals surface area contributed by atoms with Crippen LogP contribution < -0.4 is 0 Å². The molecule has 0 bridgehead atoms. The molecule has 0 aliphatic rings. The number of rotatable bonds is 6. The molecular formula is C8HF15O2. The average Bonchev–Trinajstić information content (AvgIpc) is 2.43. The summed E-state index contributed by atoms with van der Waals surface area (Å²) in [6.07, 6.45) is -7.70. The quantitative estimate of drug-likeness (QED) is 0.652. The summed E-state index contributed by atoms with van der Waals surface area (Å²) >= 11 is 0. The largest absolute Gasteiger partial charge is 0.477 e. The van der Waals surface area contributed by atoms with Crippen LogP contribution in [0.2, 0.25) is 0 Å². The molecule has 0 heterocycles. The number of carboxylic acids is 1. The molecular weight excluding hydrogens is 413 g/mol. The number of hydrogen-bond acceptors (Lipinski definition) is 2. The minimum Gasteiger partial charge on any atom is -0.477 e. The van der Waals surface area contributed by atoms with Crippen molar-refractivity contribution >= 4 is 5.97 Å². The second kappa shape index (κ2) is 5.46. The van der Waals surface area contributed by atoms with E-state index in [1.165, 1.54) is 0 Å². The van der Waals surface area contributed by atoms with Gasteiger partial charge in [-0.1, -0.05) is 0 Å². The van der Waals surface area contributed by atoms with Crippen LogP contribution in [0, 0.1) is 0 Å². The standard InChI is InChI=1S/C8HF15O2/c9-2(10,1(24)25)3(11,12)4(13,14)5(15,16)6(17,18)7(19,20)8(21,22)23/h(H,24,25)/i/hD. The number of hydrogen-bond donors (Lipinski definition) is 1. The molecule has 0 atom stereocenters. The van der Waals surface area contributed by atoms with Crippen molar-refractivity contribution in [1.29, 1.82) is 1.43 Å². The van der Waals surface area contributed by atoms with Crippen LogP contribution in [0.3, 0.4) is 0 Å². The maximum atomic E-state index is 13.0. The van der Waals surface area contributed by atoms with Crippen molar-refractivity contribution in [3.8, 4) is 0 Å². The number of halogens is 15. The van der Waals surface area contributed by atoms with Gasteiger partial charge < -0.3 is 5.11 Å². The fourth-order valence-corrected chi connectivity index (χ4v) is 1.09. The molecule has 0 amide bonds. The molecule has 0 unspecified atom stereocenters. The Kier molecular flexibility index (Phi) is 4.68. The van der Waals surface area contributed by atoms with Crippen molar-refractivity contribution in [3.05, 3.63) is 0 Å². The summed E-state index contributed by atoms with van der Waals surface area (Å²) < 4.78 is 194. The van der Waals surface area contributed by atoms with Crippen molar-refractivity contribution in [1.82, 2.24) is 0 Å². The fraction of sp³-hybridized carbons (Fsp3) is 0.875. The zero-order valence-electron chi connectivity index (χ0n) is 11.5. The van der Waals surface area contributed by atoms with Gasteiger partial charge in [-0.2, -0.15) is 65.9 Å². The molecule has 0 saturated carbocycles. The van der Waals surface area contributed by atoms with E-state index in [9.17, 15) is 70.7 Å². The number of alkyl halides is 15. The van der Waals surface area contributed by atoms with Crippen LogP contribution in [-0.4, -0.2) is 52.8 Å². The number of carbonyl (C=O) groups is 1. The van der Waals surface area contributed by atoms with Crippen LogP contribution in [0.1, 0.15) is 0 Å². The molecule has 0 spiro atoms. The monoisotopic (exact) mass is 415 g/mol. The van der Waals surface area contributed by atoms with E-state index < -0.39 is 47.7 Å². The number of carboxylic acid groups (broad SMARTS) is 1. The third-order valence-electron chi connectivity index (χ3n) is 2.58. The Hall–Kier alpha value is -1.58. The molecule has 25 heavy (non-hydrogen) atoms. The van der Waals surface area contributed by atoms with Gasteiger partial charge in [-0.3, -0.25) is 0 Å². The maximum absolute atomic E-state index is 13.0. The van der Waals surface area contributed by atoms with Gasteiger partial charge in [0.1, 0.15) is 0 Å². The molecule has 150 valence electrons. The molecule has 0 radical (unpaired) electrons. The Morgan fingerprint density at radius 1 is 0.560 bits per heavy atom. The van der Waals surface area contributed by atoms with Crippen LogP contribution >= 0.6 is 0 Å². The Labute approximate surface area is 126 Å². The third kappa shape index (κ3) is 2.74. The van der Waals surface area contributed by atoms with Gasteiger partial charge in [0.2, 0.25) is 0 Å². The van der Waals surface area contributed by atoms with E-state index in [4.69, 9.17) is 1.43 Å². The lowest BCUT2D eigenvalue weighted by Gasteiger charge is -2.40. The molecule has 0 aromatic carbocycles. The molecule has 0 fully saturated rings. The van der Waals surface area contributed by atoms with Crippen molar-refractivity contribution in [2.24, 2.45) is 0 Å². The lowest BCUT2D eigenvalue weighted by atomic mass is 9.91. The van der Waals surface area contributed by atoms with Crippen LogP contribution in [0.4, 0.5) is 65.9 Å². The Balaban J connectivity index is 6.56. The van der Waals surface area contributed by atoms with Crippen LogP contribution in [0.25, 0.3) is 1.43 Å². The molecule has 1 N–H and O–H groups in total. The second-order valence-corrected chi connectivity index (χ2v) is 4.23. The van der Waals surface area contributed by atoms with Gasteiger partial charge in [-0.15, -0.1) is 0 Å². The Bertz CT molecular complexity index is 550. The first-order valence-corrected chi connectivity index (χ1v) is 4.99. The Morgan fingerprint density at radius 2 is 0.840 bits per heavy atom. The molecule has 0 aromatic heterocycles. The minimum absolute atomic E-state index is 2.10. The first-order valence-electron chi connectivity index (χ1n) is 5.40. The molecule has 0 saturated heterocycles. The molecule has 0 aromatic rings. The van der Waals surface area contributed by atoms with Crippen LogP contribution in [-0.2, 0) is 4.79 Å². The summed E-state index contributed by atoms with van der Waals surface area (Å²) in [7, 11) is 0. The topological polar surface area (TPSA) is 37.3 Å². The smallest absolute Gasteiger partial charge is 0.460 e. The fourth-order valence-electron chi connectivity index (χ4n) is 1.09. The van der Waals surface area contributed by atoms with Crippen LogP contribution in [0.5, 0.6) is 0 Å². The van der Waals surface area contributed by atoms with E-state index in [0.717, 1.165) is 0 Å². The highest BCUT2D eigenvalue weighted by Gasteiger charge is 2.94. The summed E-state index contributed by atoms with van der Waals surface area (Å²) in [6, 6.07) is 0. The molecule has 0 rings (SSSR count). The summed E-state index contributed by atoms with van der Waals surface area (Å²) in [5.41, 5.74) is 0. The van der Waals surface area contributed by atoms with Crippen LogP contribution in [0.15, 0.2) is 0 Å². The normalized spacial score (nSPS) is 16.5.